The number of thioether (sulfide) groups is 1. The fourth-order valence-corrected chi connectivity index (χ4v) is 4.92. The summed E-state index contributed by atoms with van der Waals surface area (Å²) in [5.74, 6) is -0.529. The quantitative estimate of drug-likeness (QED) is 0.620. The van der Waals surface area contributed by atoms with Gasteiger partial charge in [-0.25, -0.2) is 9.79 Å². The molecule has 1 aromatic heterocycles. The number of hydrogen-bond donors (Lipinski definition) is 1. The Bertz CT molecular complexity index is 1160. The number of pyridine rings is 1. The monoisotopic (exact) mass is 462 g/mol. The van der Waals surface area contributed by atoms with Crippen LogP contribution in [-0.4, -0.2) is 34.0 Å². The Kier molecular flexibility index (Phi) is 6.93. The molecule has 0 spiro atoms. The summed E-state index contributed by atoms with van der Waals surface area (Å²) in [5, 5.41) is 5.63. The van der Waals surface area contributed by atoms with E-state index in [0.717, 1.165) is 27.7 Å². The molecule has 0 saturated heterocycles. The molecule has 0 saturated carbocycles. The number of nitrogens with one attached hydrogen (secondary N) is 1. The van der Waals surface area contributed by atoms with E-state index in [1.165, 1.54) is 18.9 Å². The Hall–Kier alpha value is -3.39. The van der Waals surface area contributed by atoms with E-state index in [1.54, 1.807) is 6.20 Å². The molecule has 1 atom stereocenters. The molecular weight excluding hydrogens is 436 g/mol. The molecule has 1 N–H and O–H groups in total. The predicted octanol–water partition coefficient (Wildman–Crippen LogP) is 4.23. The fraction of sp³-hybridized carbons (Fsp3) is 0.280. The highest BCUT2D eigenvalue weighted by molar-refractivity contribution is 8.16. The first kappa shape index (κ1) is 22.8. The Morgan fingerprint density at radius 3 is 2.76 bits per heavy atom. The lowest BCUT2D eigenvalue weighted by Gasteiger charge is -2.36. The van der Waals surface area contributed by atoms with Gasteiger partial charge in [0.1, 0.15) is 0 Å². The number of aryl methyl sites for hydroxylation is 1. The molecule has 0 bridgehead atoms. The highest BCUT2D eigenvalue weighted by Crippen LogP contribution is 2.45. The summed E-state index contributed by atoms with van der Waals surface area (Å²) < 4.78 is 5.15. The first-order valence-corrected chi connectivity index (χ1v) is 11.7. The number of rotatable bonds is 7. The van der Waals surface area contributed by atoms with Crippen LogP contribution in [0.4, 0.5) is 0 Å². The number of amides is 1. The van der Waals surface area contributed by atoms with Crippen molar-refractivity contribution in [3.05, 3.63) is 87.9 Å². The largest absolute Gasteiger partial charge is 0.466 e. The minimum absolute atomic E-state index is 0.123. The fourth-order valence-electron chi connectivity index (χ4n) is 3.99. The lowest BCUT2D eigenvalue weighted by molar-refractivity contribution is -0.136. The molecule has 7 nitrogen and oxygen atoms in total. The van der Waals surface area contributed by atoms with E-state index in [9.17, 15) is 9.59 Å². The normalized spacial score (nSPS) is 17.3. The number of carbonyl (C=O) groups is 2. The van der Waals surface area contributed by atoms with Crippen LogP contribution in [0.3, 0.4) is 0 Å². The topological polar surface area (TPSA) is 83.9 Å². The second kappa shape index (κ2) is 10.0. The Balaban J connectivity index is 1.64. The van der Waals surface area contributed by atoms with Crippen LogP contribution in [0.5, 0.6) is 0 Å². The summed E-state index contributed by atoms with van der Waals surface area (Å²) in [6.45, 7) is 4.35. The average Bonchev–Trinajstić information content (AvgIpc) is 3.23. The molecule has 0 aliphatic carbocycles. The van der Waals surface area contributed by atoms with Crippen LogP contribution >= 0.6 is 11.8 Å². The van der Waals surface area contributed by atoms with Crippen LogP contribution < -0.4 is 5.32 Å². The minimum Gasteiger partial charge on any atom is -0.466 e. The molecule has 4 rings (SSSR count). The number of aliphatic imine (C=N–C) groups is 1. The molecule has 2 aliphatic heterocycles. The van der Waals surface area contributed by atoms with Crippen molar-refractivity contribution in [2.45, 2.75) is 39.3 Å². The first-order valence-electron chi connectivity index (χ1n) is 10.8. The highest BCUT2D eigenvalue weighted by Gasteiger charge is 2.41. The van der Waals surface area contributed by atoms with Crippen molar-refractivity contribution in [1.82, 2.24) is 15.2 Å². The standard InChI is InChI=1S/C25H26N4O3S/c1-4-20-22(24(31)32-3)23(17-9-7-8-16(2)12-17)29-19(15-33-25(29)28-20)13-21(30)27-14-18-10-5-6-11-26-18/h5-12,15,23H,4,13-14H2,1-3H3,(H,27,30). The SMILES string of the molecule is CCC1=C(C(=O)OC)C(c2cccc(C)c2)N2C(CC(=O)NCc3ccccn3)=CSC2=N1. The third-order valence-electron chi connectivity index (χ3n) is 5.52. The average molecular weight is 463 g/mol. The van der Waals surface area contributed by atoms with Crippen LogP contribution in [0.1, 0.15) is 42.6 Å². The minimum atomic E-state index is -0.412. The number of esters is 1. The lowest BCUT2D eigenvalue weighted by atomic mass is 9.92. The van der Waals surface area contributed by atoms with E-state index in [0.29, 0.717) is 24.2 Å². The van der Waals surface area contributed by atoms with Gasteiger partial charge in [-0.15, -0.1) is 0 Å². The molecule has 170 valence electrons. The zero-order chi connectivity index (χ0) is 23.4. The molecule has 33 heavy (non-hydrogen) atoms. The zero-order valence-corrected chi connectivity index (χ0v) is 19.7. The lowest BCUT2D eigenvalue weighted by Crippen LogP contribution is -2.38. The summed E-state index contributed by atoms with van der Waals surface area (Å²) in [4.78, 5) is 36.7. The molecule has 1 amide bonds. The van der Waals surface area contributed by atoms with Gasteiger partial charge in [0.2, 0.25) is 5.91 Å². The van der Waals surface area contributed by atoms with Gasteiger partial charge in [-0.3, -0.25) is 9.78 Å². The summed E-state index contributed by atoms with van der Waals surface area (Å²) in [7, 11) is 1.38. The summed E-state index contributed by atoms with van der Waals surface area (Å²) in [6.07, 6.45) is 2.47. The van der Waals surface area contributed by atoms with Crippen molar-refractivity contribution in [3.8, 4) is 0 Å². The number of fused-ring (bicyclic) bond motifs is 1. The number of nitrogens with zero attached hydrogens (tertiary/aromatic N) is 3. The predicted molar refractivity (Wildman–Crippen MR) is 129 cm³/mol. The summed E-state index contributed by atoms with van der Waals surface area (Å²) >= 11 is 1.47. The first-order chi connectivity index (χ1) is 16.0. The second-order valence-electron chi connectivity index (χ2n) is 7.79. The molecular formula is C25H26N4O3S. The van der Waals surface area contributed by atoms with Crippen molar-refractivity contribution in [2.75, 3.05) is 7.11 Å². The Morgan fingerprint density at radius 2 is 2.06 bits per heavy atom. The van der Waals surface area contributed by atoms with Crippen LogP contribution in [0, 0.1) is 6.92 Å². The van der Waals surface area contributed by atoms with Crippen molar-refractivity contribution in [1.29, 1.82) is 0 Å². The maximum absolute atomic E-state index is 12.9. The Morgan fingerprint density at radius 1 is 1.21 bits per heavy atom. The van der Waals surface area contributed by atoms with Gasteiger partial charge >= 0.3 is 5.97 Å². The van der Waals surface area contributed by atoms with Crippen LogP contribution in [0.15, 0.2) is 76.0 Å². The van der Waals surface area contributed by atoms with Gasteiger partial charge in [-0.2, -0.15) is 0 Å². The van der Waals surface area contributed by atoms with E-state index in [-0.39, 0.29) is 12.3 Å². The molecule has 2 aliphatic rings. The number of carbonyl (C=O) groups excluding carboxylic acids is 2. The van der Waals surface area contributed by atoms with Gasteiger partial charge in [-0.05, 0) is 36.4 Å². The molecule has 1 aromatic carbocycles. The molecule has 2 aromatic rings. The van der Waals surface area contributed by atoms with E-state index in [4.69, 9.17) is 9.73 Å². The maximum Gasteiger partial charge on any atom is 0.338 e. The van der Waals surface area contributed by atoms with Crippen molar-refractivity contribution < 1.29 is 14.3 Å². The third-order valence-corrected chi connectivity index (χ3v) is 6.41. The van der Waals surface area contributed by atoms with Crippen LogP contribution in [-0.2, 0) is 20.9 Å². The molecule has 8 heteroatoms. The van der Waals surface area contributed by atoms with Gasteiger partial charge in [0.25, 0.3) is 0 Å². The van der Waals surface area contributed by atoms with Gasteiger partial charge in [0.05, 0.1) is 43.1 Å². The van der Waals surface area contributed by atoms with Crippen molar-refractivity contribution >= 4 is 28.8 Å². The maximum atomic E-state index is 12.9. The summed E-state index contributed by atoms with van der Waals surface area (Å²) in [6, 6.07) is 13.2. The Labute approximate surface area is 197 Å². The number of methoxy groups -OCH3 is 1. The smallest absolute Gasteiger partial charge is 0.338 e. The van der Waals surface area contributed by atoms with Crippen molar-refractivity contribution in [3.63, 3.8) is 0 Å². The number of hydrogen-bond acceptors (Lipinski definition) is 7. The molecule has 3 heterocycles. The van der Waals surface area contributed by atoms with E-state index in [1.807, 2.05) is 60.6 Å². The zero-order valence-electron chi connectivity index (χ0n) is 18.9. The highest BCUT2D eigenvalue weighted by atomic mass is 32.2. The van der Waals surface area contributed by atoms with E-state index < -0.39 is 12.0 Å². The molecule has 0 radical (unpaired) electrons. The molecule has 0 fully saturated rings. The van der Waals surface area contributed by atoms with Gasteiger partial charge in [0, 0.05) is 11.9 Å². The van der Waals surface area contributed by atoms with E-state index >= 15 is 0 Å². The van der Waals surface area contributed by atoms with Gasteiger partial charge in [0.15, 0.2) is 5.17 Å². The van der Waals surface area contributed by atoms with Crippen LogP contribution in [0.25, 0.3) is 0 Å². The third kappa shape index (κ3) is 4.85. The number of benzene rings is 1. The second-order valence-corrected chi connectivity index (χ2v) is 8.62. The number of allylic oxidation sites excluding steroid dienone is 1. The van der Waals surface area contributed by atoms with Crippen molar-refractivity contribution in [2.24, 2.45) is 4.99 Å². The van der Waals surface area contributed by atoms with Crippen LogP contribution in [0.2, 0.25) is 0 Å². The number of amidine groups is 1. The summed E-state index contributed by atoms with van der Waals surface area (Å²) in [5.41, 5.74) is 4.85. The molecule has 1 unspecified atom stereocenters. The van der Waals surface area contributed by atoms with E-state index in [2.05, 4.69) is 16.4 Å². The van der Waals surface area contributed by atoms with Gasteiger partial charge in [-0.1, -0.05) is 54.6 Å². The van der Waals surface area contributed by atoms with Gasteiger partial charge < -0.3 is 15.0 Å². The number of ether oxygens (including phenoxy) is 1. The number of aromatic nitrogens is 1.